The van der Waals surface area contributed by atoms with Crippen LogP contribution in [0.5, 0.6) is 11.5 Å². The van der Waals surface area contributed by atoms with Crippen molar-refractivity contribution in [3.63, 3.8) is 0 Å². The standard InChI is InChI=1S/C30H32Cl2N2O4/c1-37-25-13-7-10-22(16-25)19-34(29(35)20-38-28-15-14-23(31)18-26(28)32)27(17-21-8-3-2-4-9-21)30(36)33-24-11-5-6-12-24/h2-4,7-10,13-16,18,24,27H,5-6,11-12,17,19-20H2,1H3,(H,33,36)/t27-/m1/s1. The Morgan fingerprint density at radius 1 is 0.974 bits per heavy atom. The number of halogens is 2. The number of ether oxygens (including phenoxy) is 2. The quantitative estimate of drug-likeness (QED) is 0.312. The molecule has 200 valence electrons. The molecule has 4 rings (SSSR count). The third-order valence-corrected chi connectivity index (χ3v) is 7.24. The summed E-state index contributed by atoms with van der Waals surface area (Å²) in [6.45, 7) is -0.0728. The first-order valence-corrected chi connectivity index (χ1v) is 13.5. The van der Waals surface area contributed by atoms with E-state index < -0.39 is 6.04 Å². The molecule has 0 saturated heterocycles. The minimum Gasteiger partial charge on any atom is -0.497 e. The van der Waals surface area contributed by atoms with E-state index in [9.17, 15) is 9.59 Å². The monoisotopic (exact) mass is 554 g/mol. The van der Waals surface area contributed by atoms with Crippen LogP contribution in [-0.4, -0.2) is 42.5 Å². The van der Waals surface area contributed by atoms with Gasteiger partial charge in [0, 0.05) is 24.0 Å². The van der Waals surface area contributed by atoms with Crippen molar-refractivity contribution in [3.05, 3.63) is 94.0 Å². The number of carbonyl (C=O) groups is 2. The molecule has 1 atom stereocenters. The third kappa shape index (κ3) is 7.65. The van der Waals surface area contributed by atoms with Crippen LogP contribution < -0.4 is 14.8 Å². The molecule has 0 bridgehead atoms. The molecule has 1 N–H and O–H groups in total. The van der Waals surface area contributed by atoms with Gasteiger partial charge < -0.3 is 19.7 Å². The van der Waals surface area contributed by atoms with Crippen LogP contribution in [0.4, 0.5) is 0 Å². The van der Waals surface area contributed by atoms with E-state index in [1.807, 2.05) is 54.6 Å². The van der Waals surface area contributed by atoms with E-state index in [0.717, 1.165) is 36.8 Å². The van der Waals surface area contributed by atoms with Crippen LogP contribution in [0.25, 0.3) is 0 Å². The molecule has 1 fully saturated rings. The number of hydrogen-bond donors (Lipinski definition) is 1. The lowest BCUT2D eigenvalue weighted by atomic mass is 10.0. The molecule has 6 nitrogen and oxygen atoms in total. The number of rotatable bonds is 11. The maximum atomic E-state index is 13.7. The van der Waals surface area contributed by atoms with Crippen LogP contribution >= 0.6 is 23.2 Å². The molecule has 0 aromatic heterocycles. The Balaban J connectivity index is 1.63. The number of carbonyl (C=O) groups excluding carboxylic acids is 2. The lowest BCUT2D eigenvalue weighted by molar-refractivity contribution is -0.143. The zero-order chi connectivity index (χ0) is 26.9. The fourth-order valence-electron chi connectivity index (χ4n) is 4.70. The molecule has 3 aromatic rings. The Morgan fingerprint density at radius 2 is 1.71 bits per heavy atom. The number of hydrogen-bond acceptors (Lipinski definition) is 4. The molecule has 0 spiro atoms. The summed E-state index contributed by atoms with van der Waals surface area (Å²) in [5, 5.41) is 3.98. The predicted molar refractivity (Wildman–Crippen MR) is 150 cm³/mol. The first-order valence-electron chi connectivity index (χ1n) is 12.8. The van der Waals surface area contributed by atoms with Gasteiger partial charge in [0.15, 0.2) is 6.61 Å². The van der Waals surface area contributed by atoms with E-state index in [4.69, 9.17) is 32.7 Å². The summed E-state index contributed by atoms with van der Waals surface area (Å²) in [6, 6.07) is 21.4. The van der Waals surface area contributed by atoms with Crippen LogP contribution in [-0.2, 0) is 22.6 Å². The third-order valence-electron chi connectivity index (χ3n) is 6.70. The van der Waals surface area contributed by atoms with Crippen molar-refractivity contribution >= 4 is 35.0 Å². The average Bonchev–Trinajstić information content (AvgIpc) is 3.43. The maximum absolute atomic E-state index is 13.7. The predicted octanol–water partition coefficient (Wildman–Crippen LogP) is 6.08. The first-order chi connectivity index (χ1) is 18.4. The Morgan fingerprint density at radius 3 is 2.42 bits per heavy atom. The van der Waals surface area contributed by atoms with E-state index in [1.54, 1.807) is 30.2 Å². The highest BCUT2D eigenvalue weighted by Crippen LogP contribution is 2.28. The molecule has 0 radical (unpaired) electrons. The number of benzene rings is 3. The van der Waals surface area contributed by atoms with Crippen molar-refractivity contribution in [2.24, 2.45) is 0 Å². The minimum atomic E-state index is -0.735. The van der Waals surface area contributed by atoms with E-state index in [2.05, 4.69) is 5.32 Å². The Labute approximate surface area is 233 Å². The molecular weight excluding hydrogens is 523 g/mol. The summed E-state index contributed by atoms with van der Waals surface area (Å²) in [4.78, 5) is 29.1. The molecule has 1 aliphatic rings. The van der Waals surface area contributed by atoms with Crippen LogP contribution in [0.15, 0.2) is 72.8 Å². The number of nitrogens with one attached hydrogen (secondary N) is 1. The first kappa shape index (κ1) is 27.8. The van der Waals surface area contributed by atoms with E-state index >= 15 is 0 Å². The van der Waals surface area contributed by atoms with Gasteiger partial charge in [0.2, 0.25) is 5.91 Å². The zero-order valence-corrected chi connectivity index (χ0v) is 22.9. The summed E-state index contributed by atoms with van der Waals surface area (Å²) in [7, 11) is 1.60. The van der Waals surface area contributed by atoms with Crippen molar-refractivity contribution in [3.8, 4) is 11.5 Å². The van der Waals surface area contributed by atoms with Gasteiger partial charge in [0.05, 0.1) is 12.1 Å². The van der Waals surface area contributed by atoms with Gasteiger partial charge in [0.1, 0.15) is 17.5 Å². The van der Waals surface area contributed by atoms with E-state index in [-0.39, 0.29) is 31.0 Å². The highest BCUT2D eigenvalue weighted by Gasteiger charge is 2.32. The molecule has 38 heavy (non-hydrogen) atoms. The Kier molecular flexibility index (Phi) is 9.91. The number of methoxy groups -OCH3 is 1. The zero-order valence-electron chi connectivity index (χ0n) is 21.4. The summed E-state index contributed by atoms with van der Waals surface area (Å²) >= 11 is 12.3. The minimum absolute atomic E-state index is 0.124. The number of nitrogens with zero attached hydrogens (tertiary/aromatic N) is 1. The molecule has 8 heteroatoms. The van der Waals surface area contributed by atoms with Crippen LogP contribution in [0.2, 0.25) is 10.0 Å². The lowest BCUT2D eigenvalue weighted by Crippen LogP contribution is -2.53. The smallest absolute Gasteiger partial charge is 0.261 e. The molecule has 3 aromatic carbocycles. The topological polar surface area (TPSA) is 67.9 Å². The summed E-state index contributed by atoms with van der Waals surface area (Å²) in [6.07, 6.45) is 4.46. The van der Waals surface area contributed by atoms with Gasteiger partial charge in [-0.1, -0.05) is 78.5 Å². The largest absolute Gasteiger partial charge is 0.497 e. The van der Waals surface area contributed by atoms with Gasteiger partial charge in [-0.15, -0.1) is 0 Å². The van der Waals surface area contributed by atoms with E-state index in [1.165, 1.54) is 0 Å². The van der Waals surface area contributed by atoms with Gasteiger partial charge in [-0.2, -0.15) is 0 Å². The highest BCUT2D eigenvalue weighted by atomic mass is 35.5. The van der Waals surface area contributed by atoms with Crippen molar-refractivity contribution in [1.29, 1.82) is 0 Å². The Bertz CT molecular complexity index is 1230. The van der Waals surface area contributed by atoms with Crippen LogP contribution in [0, 0.1) is 0 Å². The second-order valence-electron chi connectivity index (χ2n) is 9.43. The SMILES string of the molecule is COc1cccc(CN(C(=O)COc2ccc(Cl)cc2Cl)[C@H](Cc2ccccc2)C(=O)NC2CCCC2)c1. The molecule has 0 heterocycles. The van der Waals surface area contributed by atoms with Crippen molar-refractivity contribution in [2.75, 3.05) is 13.7 Å². The lowest BCUT2D eigenvalue weighted by Gasteiger charge is -2.32. The molecular formula is C30H32Cl2N2O4. The molecule has 2 amide bonds. The van der Waals surface area contributed by atoms with Gasteiger partial charge in [-0.3, -0.25) is 9.59 Å². The van der Waals surface area contributed by atoms with Crippen molar-refractivity contribution < 1.29 is 19.1 Å². The maximum Gasteiger partial charge on any atom is 0.261 e. The summed E-state index contributed by atoms with van der Waals surface area (Å²) < 4.78 is 11.2. The molecule has 1 saturated carbocycles. The second-order valence-corrected chi connectivity index (χ2v) is 10.3. The van der Waals surface area contributed by atoms with Crippen LogP contribution in [0.3, 0.4) is 0 Å². The molecule has 0 aliphatic heterocycles. The van der Waals surface area contributed by atoms with E-state index in [0.29, 0.717) is 28.0 Å². The second kappa shape index (κ2) is 13.5. The molecule has 1 aliphatic carbocycles. The summed E-state index contributed by atoms with van der Waals surface area (Å²) in [5.41, 5.74) is 1.80. The van der Waals surface area contributed by atoms with Crippen molar-refractivity contribution in [2.45, 2.75) is 50.7 Å². The van der Waals surface area contributed by atoms with Gasteiger partial charge in [0.25, 0.3) is 5.91 Å². The van der Waals surface area contributed by atoms with Gasteiger partial charge in [-0.05, 0) is 54.3 Å². The van der Waals surface area contributed by atoms with Crippen molar-refractivity contribution in [1.82, 2.24) is 10.2 Å². The Hall–Kier alpha value is -3.22. The van der Waals surface area contributed by atoms with Gasteiger partial charge in [-0.25, -0.2) is 0 Å². The summed E-state index contributed by atoms with van der Waals surface area (Å²) in [5.74, 6) is 0.526. The van der Waals surface area contributed by atoms with Crippen LogP contribution in [0.1, 0.15) is 36.8 Å². The van der Waals surface area contributed by atoms with Gasteiger partial charge >= 0.3 is 0 Å². The fourth-order valence-corrected chi connectivity index (χ4v) is 5.17. The fraction of sp³-hybridized carbons (Fsp3) is 0.333. The normalized spacial score (nSPS) is 14.1. The highest BCUT2D eigenvalue weighted by molar-refractivity contribution is 6.35. The average molecular weight is 556 g/mol. The molecule has 0 unspecified atom stereocenters. The number of amides is 2.